The highest BCUT2D eigenvalue weighted by Gasteiger charge is 1.98. The van der Waals surface area contributed by atoms with Crippen LogP contribution in [0.15, 0.2) is 24.3 Å². The van der Waals surface area contributed by atoms with Crippen molar-refractivity contribution < 1.29 is 13.9 Å². The number of hydrogen-bond donors (Lipinski definition) is 1. The molecule has 0 spiro atoms. The number of nitrogens with two attached hydrogens (primary N) is 1. The average Bonchev–Trinajstić information content (AvgIpc) is 2.20. The number of ether oxygens (including phenoxy) is 1. The van der Waals surface area contributed by atoms with Crippen LogP contribution in [-0.4, -0.2) is 12.6 Å². The Morgan fingerprint density at radius 3 is 2.93 bits per heavy atom. The second-order valence-corrected chi connectivity index (χ2v) is 2.87. The third-order valence-electron chi connectivity index (χ3n) is 1.72. The number of esters is 1. The minimum Gasteiger partial charge on any atom is -0.463 e. The van der Waals surface area contributed by atoms with E-state index in [0.717, 1.165) is 0 Å². The molecule has 0 heterocycles. The summed E-state index contributed by atoms with van der Waals surface area (Å²) in [4.78, 5) is 10.9. The van der Waals surface area contributed by atoms with E-state index < -0.39 is 11.8 Å². The molecule has 15 heavy (non-hydrogen) atoms. The van der Waals surface area contributed by atoms with Crippen LogP contribution in [0, 0.1) is 5.82 Å². The third kappa shape index (κ3) is 3.42. The summed E-state index contributed by atoms with van der Waals surface area (Å²) < 4.78 is 17.7. The molecule has 0 aromatic heterocycles. The van der Waals surface area contributed by atoms with Crippen LogP contribution in [0.2, 0.25) is 0 Å². The van der Waals surface area contributed by atoms with Gasteiger partial charge >= 0.3 is 5.97 Å². The second kappa shape index (κ2) is 5.14. The SMILES string of the molecule is CCOC(=O)/C=C/c1ccc(N)c(F)c1. The van der Waals surface area contributed by atoms with Crippen LogP contribution in [0.3, 0.4) is 0 Å². The van der Waals surface area contributed by atoms with Crippen molar-refractivity contribution in [3.05, 3.63) is 35.7 Å². The first-order valence-corrected chi connectivity index (χ1v) is 4.53. The summed E-state index contributed by atoms with van der Waals surface area (Å²) in [7, 11) is 0. The molecule has 80 valence electrons. The van der Waals surface area contributed by atoms with E-state index in [9.17, 15) is 9.18 Å². The largest absolute Gasteiger partial charge is 0.463 e. The van der Waals surface area contributed by atoms with Gasteiger partial charge in [0, 0.05) is 6.08 Å². The summed E-state index contributed by atoms with van der Waals surface area (Å²) in [5, 5.41) is 0. The molecule has 1 rings (SSSR count). The number of carbonyl (C=O) groups excluding carboxylic acids is 1. The molecule has 2 N–H and O–H groups in total. The molecule has 0 saturated carbocycles. The molecule has 0 unspecified atom stereocenters. The van der Waals surface area contributed by atoms with Crippen molar-refractivity contribution in [3.8, 4) is 0 Å². The molecule has 0 bridgehead atoms. The fourth-order valence-corrected chi connectivity index (χ4v) is 1.00. The first kappa shape index (κ1) is 11.2. The van der Waals surface area contributed by atoms with Crippen molar-refractivity contribution in [1.82, 2.24) is 0 Å². The van der Waals surface area contributed by atoms with Gasteiger partial charge in [-0.05, 0) is 30.7 Å². The van der Waals surface area contributed by atoms with Crippen LogP contribution in [0.1, 0.15) is 12.5 Å². The molecule has 0 saturated heterocycles. The zero-order valence-electron chi connectivity index (χ0n) is 8.37. The summed E-state index contributed by atoms with van der Waals surface area (Å²) in [6.45, 7) is 2.04. The normalized spacial score (nSPS) is 10.5. The molecular weight excluding hydrogens is 197 g/mol. The lowest BCUT2D eigenvalue weighted by Crippen LogP contribution is -1.98. The van der Waals surface area contributed by atoms with Crippen molar-refractivity contribution in [2.75, 3.05) is 12.3 Å². The molecule has 0 aliphatic heterocycles. The van der Waals surface area contributed by atoms with Crippen molar-refractivity contribution in [3.63, 3.8) is 0 Å². The summed E-state index contributed by atoms with van der Waals surface area (Å²) in [6, 6.07) is 4.32. The Balaban J connectivity index is 2.72. The summed E-state index contributed by atoms with van der Waals surface area (Å²) in [6.07, 6.45) is 2.72. The Kier molecular flexibility index (Phi) is 3.85. The zero-order valence-corrected chi connectivity index (χ0v) is 8.37. The molecule has 1 aromatic rings. The van der Waals surface area contributed by atoms with Crippen LogP contribution < -0.4 is 5.73 Å². The lowest BCUT2D eigenvalue weighted by atomic mass is 10.2. The van der Waals surface area contributed by atoms with E-state index in [1.54, 1.807) is 13.0 Å². The Morgan fingerprint density at radius 2 is 2.33 bits per heavy atom. The lowest BCUT2D eigenvalue weighted by molar-refractivity contribution is -0.137. The molecule has 4 heteroatoms. The van der Waals surface area contributed by atoms with Crippen LogP contribution >= 0.6 is 0 Å². The minimum atomic E-state index is -0.499. The van der Waals surface area contributed by atoms with Gasteiger partial charge < -0.3 is 10.5 Å². The number of halogens is 1. The molecule has 0 fully saturated rings. The number of anilines is 1. The van der Waals surface area contributed by atoms with Crippen LogP contribution in [-0.2, 0) is 9.53 Å². The lowest BCUT2D eigenvalue weighted by Gasteiger charge is -1.98. The fourth-order valence-electron chi connectivity index (χ4n) is 1.00. The van der Waals surface area contributed by atoms with Gasteiger partial charge in [0.15, 0.2) is 0 Å². The van der Waals surface area contributed by atoms with Gasteiger partial charge in [-0.25, -0.2) is 9.18 Å². The maximum atomic E-state index is 13.0. The van der Waals surface area contributed by atoms with Crippen molar-refractivity contribution in [1.29, 1.82) is 0 Å². The van der Waals surface area contributed by atoms with E-state index in [0.29, 0.717) is 12.2 Å². The van der Waals surface area contributed by atoms with Crippen molar-refractivity contribution in [2.24, 2.45) is 0 Å². The number of nitrogen functional groups attached to an aromatic ring is 1. The average molecular weight is 209 g/mol. The standard InChI is InChI=1S/C11H12FNO2/c1-2-15-11(14)6-4-8-3-5-10(13)9(12)7-8/h3-7H,2,13H2,1H3/b6-4+. The number of carbonyl (C=O) groups is 1. The van der Waals surface area contributed by atoms with E-state index in [2.05, 4.69) is 4.74 Å². The maximum Gasteiger partial charge on any atom is 0.330 e. The van der Waals surface area contributed by atoms with E-state index in [4.69, 9.17) is 5.73 Å². The smallest absolute Gasteiger partial charge is 0.330 e. The van der Waals surface area contributed by atoms with Crippen LogP contribution in [0.25, 0.3) is 6.08 Å². The quantitative estimate of drug-likeness (QED) is 0.470. The van der Waals surface area contributed by atoms with Gasteiger partial charge in [0.05, 0.1) is 12.3 Å². The van der Waals surface area contributed by atoms with Gasteiger partial charge in [0.25, 0.3) is 0 Å². The monoisotopic (exact) mass is 209 g/mol. The Morgan fingerprint density at radius 1 is 1.60 bits per heavy atom. The molecular formula is C11H12FNO2. The van der Waals surface area contributed by atoms with Crippen molar-refractivity contribution in [2.45, 2.75) is 6.92 Å². The Bertz CT molecular complexity index is 388. The molecule has 0 aliphatic rings. The van der Waals surface area contributed by atoms with E-state index in [1.165, 1.54) is 24.3 Å². The van der Waals surface area contributed by atoms with Gasteiger partial charge in [-0.3, -0.25) is 0 Å². The molecule has 1 aromatic carbocycles. The first-order chi connectivity index (χ1) is 7.13. The summed E-state index contributed by atoms with van der Waals surface area (Å²) in [5.41, 5.74) is 5.95. The van der Waals surface area contributed by atoms with Gasteiger partial charge in [0.1, 0.15) is 5.82 Å². The highest BCUT2D eigenvalue weighted by Crippen LogP contribution is 2.12. The van der Waals surface area contributed by atoms with Gasteiger partial charge in [-0.15, -0.1) is 0 Å². The zero-order chi connectivity index (χ0) is 11.3. The van der Waals surface area contributed by atoms with Crippen LogP contribution in [0.4, 0.5) is 10.1 Å². The topological polar surface area (TPSA) is 52.3 Å². The number of rotatable bonds is 3. The number of benzene rings is 1. The minimum absolute atomic E-state index is 0.0864. The van der Waals surface area contributed by atoms with Crippen LogP contribution in [0.5, 0.6) is 0 Å². The van der Waals surface area contributed by atoms with Gasteiger partial charge in [0.2, 0.25) is 0 Å². The highest BCUT2D eigenvalue weighted by atomic mass is 19.1. The predicted molar refractivity (Wildman–Crippen MR) is 56.5 cm³/mol. The molecule has 0 atom stereocenters. The first-order valence-electron chi connectivity index (χ1n) is 4.53. The molecule has 0 aliphatic carbocycles. The summed E-state index contributed by atoms with van der Waals surface area (Å²) >= 11 is 0. The van der Waals surface area contributed by atoms with Gasteiger partial charge in [-0.2, -0.15) is 0 Å². The number of hydrogen-bond acceptors (Lipinski definition) is 3. The highest BCUT2D eigenvalue weighted by molar-refractivity contribution is 5.87. The molecule has 0 amide bonds. The fraction of sp³-hybridized carbons (Fsp3) is 0.182. The van der Waals surface area contributed by atoms with Gasteiger partial charge in [-0.1, -0.05) is 6.07 Å². The van der Waals surface area contributed by atoms with E-state index >= 15 is 0 Å². The Labute approximate surface area is 87.3 Å². The van der Waals surface area contributed by atoms with Crippen molar-refractivity contribution >= 4 is 17.7 Å². The predicted octanol–water partition coefficient (Wildman–Crippen LogP) is 1.98. The summed E-state index contributed by atoms with van der Waals surface area (Å²) in [5.74, 6) is -0.948. The maximum absolute atomic E-state index is 13.0. The second-order valence-electron chi connectivity index (χ2n) is 2.87. The van der Waals surface area contributed by atoms with E-state index in [-0.39, 0.29) is 5.69 Å². The molecule has 3 nitrogen and oxygen atoms in total. The van der Waals surface area contributed by atoms with E-state index in [1.807, 2.05) is 0 Å². The third-order valence-corrected chi connectivity index (χ3v) is 1.72. The molecule has 0 radical (unpaired) electrons. The Hall–Kier alpha value is -1.84.